The molecule has 0 aliphatic rings. The Morgan fingerprint density at radius 1 is 0.800 bits per heavy atom. The second kappa shape index (κ2) is 10.2. The summed E-state index contributed by atoms with van der Waals surface area (Å²) in [5.74, 6) is 2.25. The molecule has 40 heavy (non-hydrogen) atoms. The first-order chi connectivity index (χ1) is 19.8. The quantitative estimate of drug-likeness (QED) is 0.228. The normalized spacial score (nSPS) is 11.5. The summed E-state index contributed by atoms with van der Waals surface area (Å²) in [5, 5.41) is 15.0. The number of para-hydroxylation sites is 2. The molecule has 196 valence electrons. The highest BCUT2D eigenvalue weighted by Gasteiger charge is 2.17. The molecule has 7 rings (SSSR count). The number of unbranched alkanes of at least 4 members (excludes halogenated alkanes) is 1. The van der Waals surface area contributed by atoms with Gasteiger partial charge in [0.05, 0.1) is 11.0 Å². The van der Waals surface area contributed by atoms with Crippen LogP contribution in [0.1, 0.15) is 31.2 Å². The molecule has 0 spiro atoms. The van der Waals surface area contributed by atoms with Crippen molar-refractivity contribution in [3.63, 3.8) is 0 Å². The smallest absolute Gasteiger partial charge is 0.227 e. The van der Waals surface area contributed by atoms with E-state index in [4.69, 9.17) is 14.4 Å². The van der Waals surface area contributed by atoms with E-state index in [9.17, 15) is 0 Å². The summed E-state index contributed by atoms with van der Waals surface area (Å²) in [4.78, 5) is 9.75. The molecule has 1 N–H and O–H groups in total. The van der Waals surface area contributed by atoms with E-state index >= 15 is 0 Å². The highest BCUT2D eigenvalue weighted by Crippen LogP contribution is 2.32. The Balaban J connectivity index is 1.33. The van der Waals surface area contributed by atoms with Crippen LogP contribution in [-0.4, -0.2) is 35.2 Å². The molecule has 0 unspecified atom stereocenters. The maximum Gasteiger partial charge on any atom is 0.227 e. The fourth-order valence-electron chi connectivity index (χ4n) is 5.21. The van der Waals surface area contributed by atoms with Crippen LogP contribution in [0.25, 0.3) is 56.1 Å². The zero-order valence-corrected chi connectivity index (χ0v) is 22.1. The number of rotatable bonds is 8. The Morgan fingerprint density at radius 2 is 1.68 bits per heavy atom. The molecule has 0 saturated heterocycles. The minimum atomic E-state index is 0.570. The predicted octanol–water partition coefficient (Wildman–Crippen LogP) is 7.08. The summed E-state index contributed by atoms with van der Waals surface area (Å²) in [6.45, 7) is 2.87. The third kappa shape index (κ3) is 4.43. The summed E-state index contributed by atoms with van der Waals surface area (Å²) < 4.78 is 8.40. The van der Waals surface area contributed by atoms with Crippen LogP contribution in [0.4, 0.5) is 0 Å². The Hall–Kier alpha value is -5.11. The zero-order chi connectivity index (χ0) is 26.9. The van der Waals surface area contributed by atoms with Gasteiger partial charge in [-0.3, -0.25) is 0 Å². The van der Waals surface area contributed by atoms with Crippen LogP contribution in [0, 0.1) is 0 Å². The summed E-state index contributed by atoms with van der Waals surface area (Å²) >= 11 is 0. The van der Waals surface area contributed by atoms with Crippen LogP contribution in [0.5, 0.6) is 0 Å². The van der Waals surface area contributed by atoms with Crippen LogP contribution in [0.15, 0.2) is 95.4 Å². The zero-order valence-electron chi connectivity index (χ0n) is 22.1. The standard InChI is InChI=1S/C32H27N7O/c1-2-3-13-30-33-26-17-15-23(32-34-27-11-7-8-12-29(27)40-32)19-28(26)39(30)20-21-14-16-24(22-9-5-4-6-10-22)25(18-21)31-35-37-38-36-31/h4-12,14-19H,2-3,13,20H2,1H3,(H,35,36,37,38). The number of nitrogens with one attached hydrogen (secondary N) is 1. The van der Waals surface area contributed by atoms with E-state index in [0.717, 1.165) is 75.0 Å². The number of H-pyrrole nitrogens is 1. The lowest BCUT2D eigenvalue weighted by Gasteiger charge is -2.13. The van der Waals surface area contributed by atoms with Crippen LogP contribution in [0.3, 0.4) is 0 Å². The van der Waals surface area contributed by atoms with E-state index in [1.165, 1.54) is 0 Å². The minimum absolute atomic E-state index is 0.570. The highest BCUT2D eigenvalue weighted by atomic mass is 16.3. The van der Waals surface area contributed by atoms with Crippen molar-refractivity contribution in [2.75, 3.05) is 0 Å². The molecule has 0 atom stereocenters. The summed E-state index contributed by atoms with van der Waals surface area (Å²) in [6, 6.07) is 30.8. The predicted molar refractivity (Wildman–Crippen MR) is 155 cm³/mol. The van der Waals surface area contributed by atoms with Gasteiger partial charge in [0.25, 0.3) is 0 Å². The topological polar surface area (TPSA) is 98.3 Å². The van der Waals surface area contributed by atoms with Crippen molar-refractivity contribution >= 4 is 22.1 Å². The summed E-state index contributed by atoms with van der Waals surface area (Å²) in [7, 11) is 0. The number of aromatic nitrogens is 7. The summed E-state index contributed by atoms with van der Waals surface area (Å²) in [6.07, 6.45) is 3.08. The molecule has 4 aromatic carbocycles. The van der Waals surface area contributed by atoms with E-state index in [0.29, 0.717) is 18.3 Å². The second-order valence-electron chi connectivity index (χ2n) is 9.89. The number of fused-ring (bicyclic) bond motifs is 2. The molecule has 0 bridgehead atoms. The highest BCUT2D eigenvalue weighted by molar-refractivity contribution is 5.84. The molecular formula is C32H27N7O. The number of tetrazole rings is 1. The molecule has 0 aliphatic heterocycles. The SMILES string of the molecule is CCCCc1nc2ccc(-c3nc4ccccc4o3)cc2n1Cc1ccc(-c2ccccc2)c(-c2nn[nH]n2)c1. The van der Waals surface area contributed by atoms with Crippen molar-refractivity contribution in [3.8, 4) is 34.0 Å². The van der Waals surface area contributed by atoms with Gasteiger partial charge in [-0.1, -0.05) is 67.9 Å². The van der Waals surface area contributed by atoms with Crippen LogP contribution in [0.2, 0.25) is 0 Å². The number of aryl methyl sites for hydroxylation is 1. The number of aromatic amines is 1. The van der Waals surface area contributed by atoms with Crippen molar-refractivity contribution < 1.29 is 4.42 Å². The van der Waals surface area contributed by atoms with Gasteiger partial charge >= 0.3 is 0 Å². The molecule has 3 aromatic heterocycles. The molecule has 0 aliphatic carbocycles. The first-order valence-electron chi connectivity index (χ1n) is 13.5. The molecule has 0 radical (unpaired) electrons. The Morgan fingerprint density at radius 3 is 2.50 bits per heavy atom. The van der Waals surface area contributed by atoms with Crippen LogP contribution >= 0.6 is 0 Å². The first-order valence-corrected chi connectivity index (χ1v) is 13.5. The van der Waals surface area contributed by atoms with Gasteiger partial charge in [0.15, 0.2) is 5.58 Å². The van der Waals surface area contributed by atoms with Crippen LogP contribution in [-0.2, 0) is 13.0 Å². The number of imidazole rings is 1. The molecule has 8 heteroatoms. The fraction of sp³-hybridized carbons (Fsp3) is 0.156. The molecule has 3 heterocycles. The fourth-order valence-corrected chi connectivity index (χ4v) is 5.21. The number of nitrogens with zero attached hydrogens (tertiary/aromatic N) is 6. The largest absolute Gasteiger partial charge is 0.436 e. The Labute approximate surface area is 230 Å². The Bertz CT molecular complexity index is 1890. The molecule has 0 amide bonds. The van der Waals surface area contributed by atoms with Gasteiger partial charge in [-0.05, 0) is 64.7 Å². The second-order valence-corrected chi connectivity index (χ2v) is 9.89. The summed E-state index contributed by atoms with van der Waals surface area (Å²) in [5.41, 5.74) is 8.81. The van der Waals surface area contributed by atoms with Gasteiger partial charge in [-0.15, -0.1) is 10.2 Å². The molecule has 7 aromatic rings. The lowest BCUT2D eigenvalue weighted by atomic mass is 9.97. The van der Waals surface area contributed by atoms with E-state index < -0.39 is 0 Å². The average molecular weight is 526 g/mol. The molecule has 0 saturated carbocycles. The monoisotopic (exact) mass is 525 g/mol. The van der Waals surface area contributed by atoms with Gasteiger partial charge in [0, 0.05) is 24.1 Å². The molecule has 8 nitrogen and oxygen atoms in total. The Kier molecular flexibility index (Phi) is 6.12. The van der Waals surface area contributed by atoms with E-state index in [1.54, 1.807) is 0 Å². The maximum atomic E-state index is 6.08. The lowest BCUT2D eigenvalue weighted by molar-refractivity contribution is 0.620. The maximum absolute atomic E-state index is 6.08. The average Bonchev–Trinajstić information content (AvgIpc) is 3.76. The van der Waals surface area contributed by atoms with Gasteiger partial charge in [0.1, 0.15) is 11.3 Å². The van der Waals surface area contributed by atoms with Crippen molar-refractivity contribution in [2.45, 2.75) is 32.7 Å². The lowest BCUT2D eigenvalue weighted by Crippen LogP contribution is -2.06. The van der Waals surface area contributed by atoms with Gasteiger partial charge in [-0.2, -0.15) is 5.21 Å². The van der Waals surface area contributed by atoms with Crippen molar-refractivity contribution in [1.29, 1.82) is 0 Å². The third-order valence-corrected chi connectivity index (χ3v) is 7.22. The van der Waals surface area contributed by atoms with Gasteiger partial charge < -0.3 is 8.98 Å². The third-order valence-electron chi connectivity index (χ3n) is 7.22. The van der Waals surface area contributed by atoms with Crippen LogP contribution < -0.4 is 0 Å². The number of hydrogen-bond acceptors (Lipinski definition) is 6. The number of oxazole rings is 1. The van der Waals surface area contributed by atoms with E-state index in [2.05, 4.69) is 74.6 Å². The minimum Gasteiger partial charge on any atom is -0.436 e. The first kappa shape index (κ1) is 24.0. The van der Waals surface area contributed by atoms with Gasteiger partial charge in [0.2, 0.25) is 11.7 Å². The van der Waals surface area contributed by atoms with E-state index in [1.807, 2.05) is 48.5 Å². The molecule has 0 fully saturated rings. The van der Waals surface area contributed by atoms with Crippen molar-refractivity contribution in [2.24, 2.45) is 0 Å². The van der Waals surface area contributed by atoms with Crippen molar-refractivity contribution in [3.05, 3.63) is 102 Å². The van der Waals surface area contributed by atoms with Crippen molar-refractivity contribution in [1.82, 2.24) is 35.2 Å². The number of benzene rings is 4. The van der Waals surface area contributed by atoms with Gasteiger partial charge in [-0.25, -0.2) is 9.97 Å². The van der Waals surface area contributed by atoms with E-state index in [-0.39, 0.29) is 0 Å². The molecular weight excluding hydrogens is 498 g/mol. The number of hydrogen-bond donors (Lipinski definition) is 1.